The van der Waals surface area contributed by atoms with Crippen LogP contribution in [0.25, 0.3) is 5.65 Å². The Balaban J connectivity index is 1.59. The minimum Gasteiger partial charge on any atom is -0.380 e. The Morgan fingerprint density at radius 1 is 1.21 bits per heavy atom. The number of piperazine rings is 1. The smallest absolute Gasteiger partial charge is 0.243 e. The van der Waals surface area contributed by atoms with Gasteiger partial charge in [-0.1, -0.05) is 13.0 Å². The van der Waals surface area contributed by atoms with E-state index in [1.165, 1.54) is 5.56 Å². The first-order valence-corrected chi connectivity index (χ1v) is 9.81. The zero-order valence-electron chi connectivity index (χ0n) is 16.4. The quantitative estimate of drug-likeness (QED) is 0.585. The predicted molar refractivity (Wildman–Crippen MR) is 111 cm³/mol. The molecule has 0 saturated carbocycles. The second kappa shape index (κ2) is 7.97. The fraction of sp³-hybridized carbons (Fsp3) is 0.474. The van der Waals surface area contributed by atoms with Crippen LogP contribution < -0.4 is 21.3 Å². The molecule has 1 saturated heterocycles. The number of fused-ring (bicyclic) bond motifs is 1. The molecule has 0 aromatic carbocycles. The Morgan fingerprint density at radius 3 is 2.79 bits per heavy atom. The van der Waals surface area contributed by atoms with Crippen molar-refractivity contribution in [3.8, 4) is 0 Å². The Morgan fingerprint density at radius 2 is 2.04 bits per heavy atom. The molecule has 9 heteroatoms. The van der Waals surface area contributed by atoms with Gasteiger partial charge >= 0.3 is 0 Å². The van der Waals surface area contributed by atoms with Gasteiger partial charge in [0.15, 0.2) is 11.5 Å². The summed E-state index contributed by atoms with van der Waals surface area (Å²) in [5.41, 5.74) is 9.92. The molecule has 0 bridgehead atoms. The van der Waals surface area contributed by atoms with Crippen molar-refractivity contribution in [1.29, 1.82) is 0 Å². The summed E-state index contributed by atoms with van der Waals surface area (Å²) < 4.78 is 1.78. The van der Waals surface area contributed by atoms with Crippen LogP contribution in [0.5, 0.6) is 0 Å². The highest BCUT2D eigenvalue weighted by Gasteiger charge is 2.16. The van der Waals surface area contributed by atoms with E-state index in [0.717, 1.165) is 56.2 Å². The minimum absolute atomic E-state index is 0.378. The molecule has 4 N–H and O–H groups in total. The van der Waals surface area contributed by atoms with Crippen molar-refractivity contribution >= 4 is 23.2 Å². The third-order valence-corrected chi connectivity index (χ3v) is 4.90. The van der Waals surface area contributed by atoms with Crippen molar-refractivity contribution < 1.29 is 0 Å². The van der Waals surface area contributed by atoms with Gasteiger partial charge in [-0.2, -0.15) is 4.98 Å². The van der Waals surface area contributed by atoms with Crippen molar-refractivity contribution in [1.82, 2.24) is 29.9 Å². The number of nitrogens with one attached hydrogen (secondary N) is 2. The molecule has 0 amide bonds. The Hall–Kier alpha value is -2.94. The highest BCUT2D eigenvalue weighted by atomic mass is 15.3. The van der Waals surface area contributed by atoms with Crippen LogP contribution in [0.4, 0.5) is 17.6 Å². The van der Waals surface area contributed by atoms with E-state index in [4.69, 9.17) is 10.7 Å². The lowest BCUT2D eigenvalue weighted by Gasteiger charge is -2.29. The van der Waals surface area contributed by atoms with E-state index < -0.39 is 0 Å². The van der Waals surface area contributed by atoms with Gasteiger partial charge < -0.3 is 21.3 Å². The molecule has 4 rings (SSSR count). The fourth-order valence-corrected chi connectivity index (χ4v) is 3.52. The van der Waals surface area contributed by atoms with Crippen molar-refractivity contribution in [2.75, 3.05) is 48.7 Å². The predicted octanol–water partition coefficient (Wildman–Crippen LogP) is 1.23. The zero-order valence-corrected chi connectivity index (χ0v) is 16.4. The third-order valence-electron chi connectivity index (χ3n) is 4.90. The van der Waals surface area contributed by atoms with Gasteiger partial charge in [0.25, 0.3) is 0 Å². The summed E-state index contributed by atoms with van der Waals surface area (Å²) in [6, 6.07) is 2.20. The number of aryl methyl sites for hydroxylation is 1. The molecular formula is C19H27N9. The molecule has 0 spiro atoms. The molecule has 1 fully saturated rings. The molecule has 9 nitrogen and oxygen atoms in total. The number of rotatable bonds is 6. The molecular weight excluding hydrogens is 354 g/mol. The maximum absolute atomic E-state index is 6.06. The molecule has 3 aromatic heterocycles. The standard InChI is InChI=1S/C19H27N9/c1-3-4-22-19-25-16(20)18-24-12-15(28(18)26-19)10-14-9-13(2)17(23-11-14)27-7-5-21-6-8-27/h9,11-12,21H,3-8,10H2,1-2H3,(H3,20,22,25,26). The van der Waals surface area contributed by atoms with Crippen molar-refractivity contribution in [3.63, 3.8) is 0 Å². The van der Waals surface area contributed by atoms with Gasteiger partial charge in [0.05, 0.1) is 11.9 Å². The molecule has 3 aromatic rings. The first kappa shape index (κ1) is 18.4. The lowest BCUT2D eigenvalue weighted by atomic mass is 10.1. The number of aromatic nitrogens is 5. The van der Waals surface area contributed by atoms with Gasteiger partial charge in [0, 0.05) is 45.3 Å². The lowest BCUT2D eigenvalue weighted by Crippen LogP contribution is -2.44. The van der Waals surface area contributed by atoms with Gasteiger partial charge in [0.2, 0.25) is 5.95 Å². The summed E-state index contributed by atoms with van der Waals surface area (Å²) in [6.07, 6.45) is 5.43. The molecule has 0 atom stereocenters. The highest BCUT2D eigenvalue weighted by Crippen LogP contribution is 2.21. The Labute approximate surface area is 164 Å². The molecule has 1 aliphatic rings. The summed E-state index contributed by atoms with van der Waals surface area (Å²) in [4.78, 5) is 15.8. The van der Waals surface area contributed by atoms with Crippen molar-refractivity contribution in [3.05, 3.63) is 35.3 Å². The normalized spacial score (nSPS) is 14.6. The number of imidazole rings is 1. The number of nitrogens with zero attached hydrogens (tertiary/aromatic N) is 6. The second-order valence-electron chi connectivity index (χ2n) is 7.13. The summed E-state index contributed by atoms with van der Waals surface area (Å²) in [5.74, 6) is 1.97. The topological polar surface area (TPSA) is 109 Å². The molecule has 0 aliphatic carbocycles. The second-order valence-corrected chi connectivity index (χ2v) is 7.13. The first-order valence-electron chi connectivity index (χ1n) is 9.81. The number of pyridine rings is 1. The summed E-state index contributed by atoms with van der Waals surface area (Å²) in [6.45, 7) is 8.99. The van der Waals surface area contributed by atoms with Crippen LogP contribution in [0.2, 0.25) is 0 Å². The molecule has 4 heterocycles. The molecule has 148 valence electrons. The van der Waals surface area contributed by atoms with Crippen LogP contribution in [0.15, 0.2) is 18.5 Å². The van der Waals surface area contributed by atoms with Gasteiger partial charge in [-0.05, 0) is 24.5 Å². The first-order chi connectivity index (χ1) is 13.7. The van der Waals surface area contributed by atoms with Crippen LogP contribution in [-0.4, -0.2) is 57.3 Å². The summed E-state index contributed by atoms with van der Waals surface area (Å²) in [7, 11) is 0. The fourth-order valence-electron chi connectivity index (χ4n) is 3.52. The van der Waals surface area contributed by atoms with Crippen LogP contribution in [-0.2, 0) is 6.42 Å². The average Bonchev–Trinajstić information content (AvgIpc) is 3.10. The number of nitrogens with two attached hydrogens (primary N) is 1. The highest BCUT2D eigenvalue weighted by molar-refractivity contribution is 5.61. The number of anilines is 3. The van der Waals surface area contributed by atoms with Gasteiger partial charge in [-0.3, -0.25) is 0 Å². The molecule has 1 aliphatic heterocycles. The Kier molecular flexibility index (Phi) is 5.25. The molecule has 0 radical (unpaired) electrons. The van der Waals surface area contributed by atoms with E-state index in [2.05, 4.69) is 50.5 Å². The zero-order chi connectivity index (χ0) is 19.5. The lowest BCUT2D eigenvalue weighted by molar-refractivity contribution is 0.584. The van der Waals surface area contributed by atoms with Crippen LogP contribution in [0, 0.1) is 6.92 Å². The third kappa shape index (κ3) is 3.70. The summed E-state index contributed by atoms with van der Waals surface area (Å²) >= 11 is 0. The minimum atomic E-state index is 0.378. The largest absolute Gasteiger partial charge is 0.380 e. The average molecular weight is 381 g/mol. The van der Waals surface area contributed by atoms with E-state index in [-0.39, 0.29) is 0 Å². The van der Waals surface area contributed by atoms with E-state index in [0.29, 0.717) is 23.8 Å². The van der Waals surface area contributed by atoms with Crippen molar-refractivity contribution in [2.24, 2.45) is 0 Å². The van der Waals surface area contributed by atoms with E-state index in [1.54, 1.807) is 4.52 Å². The molecule has 0 unspecified atom stereocenters. The van der Waals surface area contributed by atoms with Crippen molar-refractivity contribution in [2.45, 2.75) is 26.7 Å². The number of nitrogen functional groups attached to an aromatic ring is 1. The maximum Gasteiger partial charge on any atom is 0.243 e. The number of hydrogen-bond acceptors (Lipinski definition) is 8. The maximum atomic E-state index is 6.06. The summed E-state index contributed by atoms with van der Waals surface area (Å²) in [5, 5.41) is 11.1. The van der Waals surface area contributed by atoms with Gasteiger partial charge in [0.1, 0.15) is 5.82 Å². The monoisotopic (exact) mass is 381 g/mol. The van der Waals surface area contributed by atoms with Gasteiger partial charge in [-0.25, -0.2) is 14.5 Å². The van der Waals surface area contributed by atoms with Crippen LogP contribution >= 0.6 is 0 Å². The van der Waals surface area contributed by atoms with E-state index in [1.807, 2.05) is 12.4 Å². The van der Waals surface area contributed by atoms with E-state index in [9.17, 15) is 0 Å². The van der Waals surface area contributed by atoms with Gasteiger partial charge in [-0.15, -0.1) is 5.10 Å². The Bertz CT molecular complexity index is 959. The van der Waals surface area contributed by atoms with Crippen LogP contribution in [0.1, 0.15) is 30.2 Å². The molecule has 28 heavy (non-hydrogen) atoms. The SMILES string of the molecule is CCCNc1nc(N)c2ncc(Cc3cnc(N4CCNCC4)c(C)c3)n2n1. The van der Waals surface area contributed by atoms with Crippen LogP contribution in [0.3, 0.4) is 0 Å². The number of hydrogen-bond donors (Lipinski definition) is 3. The van der Waals surface area contributed by atoms with E-state index >= 15 is 0 Å².